The molecule has 5 nitrogen and oxygen atoms in total. The van der Waals surface area contributed by atoms with Crippen molar-refractivity contribution in [2.45, 2.75) is 44.4 Å². The Balaban J connectivity index is 1.29. The highest BCUT2D eigenvalue weighted by Gasteiger charge is 2.43. The Kier molecular flexibility index (Phi) is 4.52. The number of likely N-dealkylation sites (tertiary alicyclic amines) is 1. The van der Waals surface area contributed by atoms with Gasteiger partial charge in [-0.3, -0.25) is 9.88 Å². The van der Waals surface area contributed by atoms with Gasteiger partial charge in [0.05, 0.1) is 24.9 Å². The Morgan fingerprint density at radius 2 is 2.29 bits per heavy atom. The highest BCUT2D eigenvalue weighted by molar-refractivity contribution is 7.09. The molecule has 2 aliphatic heterocycles. The van der Waals surface area contributed by atoms with Gasteiger partial charge in [0.15, 0.2) is 0 Å². The van der Waals surface area contributed by atoms with E-state index in [0.717, 1.165) is 50.3 Å². The van der Waals surface area contributed by atoms with Crippen LogP contribution in [0.4, 0.5) is 0 Å². The fourth-order valence-electron chi connectivity index (χ4n) is 3.62. The Bertz CT molecular complexity index is 668. The molecule has 6 heteroatoms. The quantitative estimate of drug-likeness (QED) is 0.852. The molecule has 2 aromatic rings. The van der Waals surface area contributed by atoms with Gasteiger partial charge in [-0.15, -0.1) is 11.3 Å². The number of pyridine rings is 1. The molecule has 0 amide bonds. The van der Waals surface area contributed by atoms with Crippen molar-refractivity contribution < 1.29 is 9.47 Å². The van der Waals surface area contributed by atoms with Gasteiger partial charge in [-0.2, -0.15) is 0 Å². The zero-order chi connectivity index (χ0) is 16.4. The summed E-state index contributed by atoms with van der Waals surface area (Å²) in [5, 5.41) is 3.34. The Hall–Kier alpha value is -1.50. The van der Waals surface area contributed by atoms with Crippen molar-refractivity contribution in [3.63, 3.8) is 0 Å². The number of nitrogens with zero attached hydrogens (tertiary/aromatic N) is 3. The highest BCUT2D eigenvalue weighted by Crippen LogP contribution is 2.37. The smallest absolute Gasteiger partial charge is 0.138 e. The number of rotatable bonds is 4. The SMILES string of the molecule is Cc1csc(CN2CCC3(CC2)CC(Oc2cccnc2)CO3)n1. The molecular formula is C18H23N3O2S. The minimum Gasteiger partial charge on any atom is -0.486 e. The number of ether oxygens (including phenoxy) is 2. The first-order valence-electron chi connectivity index (χ1n) is 8.55. The van der Waals surface area contributed by atoms with Crippen LogP contribution in [0.2, 0.25) is 0 Å². The van der Waals surface area contributed by atoms with E-state index in [1.807, 2.05) is 12.1 Å². The van der Waals surface area contributed by atoms with E-state index >= 15 is 0 Å². The number of thiazole rings is 1. The molecule has 2 fully saturated rings. The van der Waals surface area contributed by atoms with Crippen LogP contribution in [-0.2, 0) is 11.3 Å². The Labute approximate surface area is 146 Å². The number of aryl methyl sites for hydroxylation is 1. The van der Waals surface area contributed by atoms with Crippen molar-refractivity contribution in [1.29, 1.82) is 0 Å². The van der Waals surface area contributed by atoms with Crippen molar-refractivity contribution in [2.75, 3.05) is 19.7 Å². The normalized spacial score (nSPS) is 23.6. The van der Waals surface area contributed by atoms with Crippen LogP contribution in [0.15, 0.2) is 29.9 Å². The zero-order valence-corrected chi connectivity index (χ0v) is 14.8. The van der Waals surface area contributed by atoms with Crippen LogP contribution in [0.5, 0.6) is 5.75 Å². The van der Waals surface area contributed by atoms with Gasteiger partial charge < -0.3 is 9.47 Å². The van der Waals surface area contributed by atoms with Gasteiger partial charge in [0.1, 0.15) is 16.9 Å². The Morgan fingerprint density at radius 1 is 1.42 bits per heavy atom. The molecule has 0 aromatic carbocycles. The maximum atomic E-state index is 6.18. The van der Waals surface area contributed by atoms with Crippen LogP contribution in [-0.4, -0.2) is 46.3 Å². The summed E-state index contributed by atoms with van der Waals surface area (Å²) in [6.07, 6.45) is 6.80. The van der Waals surface area contributed by atoms with Gasteiger partial charge in [-0.25, -0.2) is 4.98 Å². The fourth-order valence-corrected chi connectivity index (χ4v) is 4.43. The van der Waals surface area contributed by atoms with Gasteiger partial charge in [0.2, 0.25) is 0 Å². The van der Waals surface area contributed by atoms with Gasteiger partial charge in [-0.05, 0) is 31.9 Å². The summed E-state index contributed by atoms with van der Waals surface area (Å²) in [5.74, 6) is 0.833. The molecular weight excluding hydrogens is 322 g/mol. The van der Waals surface area contributed by atoms with E-state index in [-0.39, 0.29) is 11.7 Å². The van der Waals surface area contributed by atoms with Crippen LogP contribution in [0.25, 0.3) is 0 Å². The first-order valence-corrected chi connectivity index (χ1v) is 9.43. The van der Waals surface area contributed by atoms with Crippen LogP contribution in [0.3, 0.4) is 0 Å². The van der Waals surface area contributed by atoms with E-state index in [9.17, 15) is 0 Å². The highest BCUT2D eigenvalue weighted by atomic mass is 32.1. The average Bonchev–Trinajstić information content (AvgIpc) is 3.18. The molecule has 0 N–H and O–H groups in total. The zero-order valence-electron chi connectivity index (χ0n) is 14.0. The molecule has 4 heterocycles. The first-order chi connectivity index (χ1) is 11.7. The lowest BCUT2D eigenvalue weighted by atomic mass is 9.88. The molecule has 0 radical (unpaired) electrons. The number of aromatic nitrogens is 2. The fraction of sp³-hybridized carbons (Fsp3) is 0.556. The van der Waals surface area contributed by atoms with Gasteiger partial charge >= 0.3 is 0 Å². The summed E-state index contributed by atoms with van der Waals surface area (Å²) in [7, 11) is 0. The van der Waals surface area contributed by atoms with E-state index in [2.05, 4.69) is 27.2 Å². The largest absolute Gasteiger partial charge is 0.486 e. The van der Waals surface area contributed by atoms with Crippen LogP contribution in [0.1, 0.15) is 30.0 Å². The van der Waals surface area contributed by atoms with Crippen LogP contribution < -0.4 is 4.74 Å². The van der Waals surface area contributed by atoms with Crippen molar-refractivity contribution >= 4 is 11.3 Å². The number of piperidine rings is 1. The molecule has 4 rings (SSSR count). The van der Waals surface area contributed by atoms with Crippen molar-refractivity contribution in [1.82, 2.24) is 14.9 Å². The van der Waals surface area contributed by atoms with Crippen molar-refractivity contribution in [3.8, 4) is 5.75 Å². The van der Waals surface area contributed by atoms with Crippen LogP contribution in [0, 0.1) is 6.92 Å². The lowest BCUT2D eigenvalue weighted by Crippen LogP contribution is -2.44. The molecule has 2 aromatic heterocycles. The third kappa shape index (κ3) is 3.61. The number of hydrogen-bond donors (Lipinski definition) is 0. The van der Waals surface area contributed by atoms with E-state index < -0.39 is 0 Å². The molecule has 2 saturated heterocycles. The van der Waals surface area contributed by atoms with Crippen molar-refractivity contribution in [2.24, 2.45) is 0 Å². The van der Waals surface area contributed by atoms with E-state index in [1.54, 1.807) is 23.7 Å². The molecule has 1 spiro atoms. The van der Waals surface area contributed by atoms with Crippen LogP contribution >= 0.6 is 11.3 Å². The summed E-state index contributed by atoms with van der Waals surface area (Å²) in [4.78, 5) is 11.2. The molecule has 0 aliphatic carbocycles. The monoisotopic (exact) mass is 345 g/mol. The Morgan fingerprint density at radius 3 is 3.00 bits per heavy atom. The van der Waals surface area contributed by atoms with E-state index in [1.165, 1.54) is 5.01 Å². The van der Waals surface area contributed by atoms with E-state index in [4.69, 9.17) is 9.47 Å². The minimum atomic E-state index is 0.00215. The maximum absolute atomic E-state index is 6.18. The van der Waals surface area contributed by atoms with Gasteiger partial charge in [-0.1, -0.05) is 0 Å². The molecule has 0 saturated carbocycles. The number of hydrogen-bond acceptors (Lipinski definition) is 6. The minimum absolute atomic E-state index is 0.00215. The van der Waals surface area contributed by atoms with Gasteiger partial charge in [0, 0.05) is 36.8 Å². The molecule has 1 atom stereocenters. The second kappa shape index (κ2) is 6.78. The van der Waals surface area contributed by atoms with Crippen molar-refractivity contribution in [3.05, 3.63) is 40.6 Å². The summed E-state index contributed by atoms with van der Waals surface area (Å²) in [5.41, 5.74) is 1.13. The summed E-state index contributed by atoms with van der Waals surface area (Å²) in [6.45, 7) is 5.83. The second-order valence-electron chi connectivity index (χ2n) is 6.79. The standard InChI is InChI=1S/C18H23N3O2S/c1-14-13-24-17(20-14)11-21-7-4-18(5-8-21)9-16(12-22-18)23-15-3-2-6-19-10-15/h2-3,6,10,13,16H,4-5,7-9,11-12H2,1H3. The summed E-state index contributed by atoms with van der Waals surface area (Å²) < 4.78 is 12.2. The maximum Gasteiger partial charge on any atom is 0.138 e. The summed E-state index contributed by atoms with van der Waals surface area (Å²) >= 11 is 1.76. The summed E-state index contributed by atoms with van der Waals surface area (Å²) in [6, 6.07) is 3.86. The third-order valence-electron chi connectivity index (χ3n) is 4.90. The van der Waals surface area contributed by atoms with E-state index in [0.29, 0.717) is 6.61 Å². The lowest BCUT2D eigenvalue weighted by Gasteiger charge is -2.38. The molecule has 128 valence electrons. The lowest BCUT2D eigenvalue weighted by molar-refractivity contribution is -0.0454. The predicted octanol–water partition coefficient (Wildman–Crippen LogP) is 3.05. The second-order valence-corrected chi connectivity index (χ2v) is 7.73. The van der Waals surface area contributed by atoms with Gasteiger partial charge in [0.25, 0.3) is 0 Å². The topological polar surface area (TPSA) is 47.5 Å². The molecule has 1 unspecified atom stereocenters. The molecule has 0 bridgehead atoms. The third-order valence-corrected chi connectivity index (χ3v) is 5.86. The first kappa shape index (κ1) is 16.0. The molecule has 24 heavy (non-hydrogen) atoms. The predicted molar refractivity (Wildman–Crippen MR) is 93.3 cm³/mol. The average molecular weight is 345 g/mol. The molecule has 2 aliphatic rings.